The van der Waals surface area contributed by atoms with E-state index in [2.05, 4.69) is 10.1 Å². The van der Waals surface area contributed by atoms with Crippen LogP contribution in [0.1, 0.15) is 23.0 Å². The van der Waals surface area contributed by atoms with Gasteiger partial charge in [0.05, 0.1) is 18.4 Å². The molecule has 0 fully saturated rings. The summed E-state index contributed by atoms with van der Waals surface area (Å²) in [5, 5.41) is 4.55. The normalized spacial score (nSPS) is 11.9. The highest BCUT2D eigenvalue weighted by Crippen LogP contribution is 2.08. The van der Waals surface area contributed by atoms with Crippen LogP contribution < -0.4 is 5.32 Å². The molecule has 0 aliphatic rings. The van der Waals surface area contributed by atoms with Crippen molar-refractivity contribution in [2.45, 2.75) is 19.4 Å². The summed E-state index contributed by atoms with van der Waals surface area (Å²) in [5.74, 6) is -0.476. The predicted molar refractivity (Wildman–Crippen MR) is 57.9 cm³/mol. The first-order valence-corrected chi connectivity index (χ1v) is 5.42. The highest BCUT2D eigenvalue weighted by Gasteiger charge is 2.13. The minimum absolute atomic E-state index is 0.151. The van der Waals surface area contributed by atoms with Crippen LogP contribution in [0.15, 0.2) is 17.5 Å². The molecule has 0 aromatic carbocycles. The first-order valence-electron chi connectivity index (χ1n) is 4.54. The predicted octanol–water partition coefficient (Wildman–Crippen LogP) is 1.43. The number of esters is 1. The Morgan fingerprint density at radius 1 is 1.60 bits per heavy atom. The topological polar surface area (TPSA) is 55.4 Å². The zero-order valence-corrected chi connectivity index (χ0v) is 9.47. The van der Waals surface area contributed by atoms with Crippen molar-refractivity contribution in [1.82, 2.24) is 5.32 Å². The van der Waals surface area contributed by atoms with Crippen LogP contribution in [0.3, 0.4) is 0 Å². The SMILES string of the molecule is COC(=O)CC(C)NC(=O)c1cccs1. The second kappa shape index (κ2) is 5.50. The van der Waals surface area contributed by atoms with E-state index in [1.165, 1.54) is 18.4 Å². The molecule has 0 saturated heterocycles. The van der Waals surface area contributed by atoms with Crippen molar-refractivity contribution in [2.75, 3.05) is 7.11 Å². The molecule has 0 aliphatic carbocycles. The van der Waals surface area contributed by atoms with Gasteiger partial charge in [-0.25, -0.2) is 0 Å². The largest absolute Gasteiger partial charge is 0.469 e. The third kappa shape index (κ3) is 3.71. The second-order valence-corrected chi connectivity index (χ2v) is 4.08. The Labute approximate surface area is 92.2 Å². The van der Waals surface area contributed by atoms with Crippen molar-refractivity contribution in [2.24, 2.45) is 0 Å². The summed E-state index contributed by atoms with van der Waals surface area (Å²) >= 11 is 1.37. The molecule has 0 saturated carbocycles. The molecule has 15 heavy (non-hydrogen) atoms. The average Bonchev–Trinajstić information content (AvgIpc) is 2.70. The van der Waals surface area contributed by atoms with Gasteiger partial charge >= 0.3 is 5.97 Å². The Bertz CT molecular complexity index is 334. The van der Waals surface area contributed by atoms with Crippen molar-refractivity contribution in [3.8, 4) is 0 Å². The third-order valence-corrected chi connectivity index (χ3v) is 2.69. The summed E-state index contributed by atoms with van der Waals surface area (Å²) in [6.07, 6.45) is 0.188. The first kappa shape index (κ1) is 11.7. The van der Waals surface area contributed by atoms with Crippen LogP contribution >= 0.6 is 11.3 Å². The van der Waals surface area contributed by atoms with Crippen LogP contribution in [0.4, 0.5) is 0 Å². The van der Waals surface area contributed by atoms with Gasteiger partial charge in [0.15, 0.2) is 0 Å². The molecule has 1 aromatic rings. The molecule has 0 spiro atoms. The number of ether oxygens (including phenoxy) is 1. The number of carbonyl (C=O) groups excluding carboxylic acids is 2. The summed E-state index contributed by atoms with van der Waals surface area (Å²) in [7, 11) is 1.33. The Morgan fingerprint density at radius 3 is 2.87 bits per heavy atom. The smallest absolute Gasteiger partial charge is 0.307 e. The van der Waals surface area contributed by atoms with E-state index in [0.717, 1.165) is 0 Å². The number of hydrogen-bond donors (Lipinski definition) is 1. The quantitative estimate of drug-likeness (QED) is 0.792. The molecule has 0 radical (unpaired) electrons. The number of rotatable bonds is 4. The molecule has 0 bridgehead atoms. The Balaban J connectivity index is 2.42. The standard InChI is InChI=1S/C10H13NO3S/c1-7(6-9(12)14-2)11-10(13)8-4-3-5-15-8/h3-5,7H,6H2,1-2H3,(H,11,13). The van der Waals surface area contributed by atoms with Crippen LogP contribution in [0.25, 0.3) is 0 Å². The van der Waals surface area contributed by atoms with Gasteiger partial charge in [-0.2, -0.15) is 0 Å². The Kier molecular flexibility index (Phi) is 4.30. The molecule has 1 atom stereocenters. The highest BCUT2D eigenvalue weighted by molar-refractivity contribution is 7.12. The van der Waals surface area contributed by atoms with Gasteiger partial charge in [-0.05, 0) is 18.4 Å². The fourth-order valence-corrected chi connectivity index (χ4v) is 1.71. The van der Waals surface area contributed by atoms with E-state index >= 15 is 0 Å². The van der Waals surface area contributed by atoms with E-state index in [-0.39, 0.29) is 24.3 Å². The maximum Gasteiger partial charge on any atom is 0.307 e. The van der Waals surface area contributed by atoms with E-state index in [0.29, 0.717) is 4.88 Å². The Hall–Kier alpha value is -1.36. The summed E-state index contributed by atoms with van der Waals surface area (Å²) < 4.78 is 4.51. The summed E-state index contributed by atoms with van der Waals surface area (Å²) in [6.45, 7) is 1.77. The second-order valence-electron chi connectivity index (χ2n) is 3.13. The molecular formula is C10H13NO3S. The van der Waals surface area contributed by atoms with E-state index in [1.807, 2.05) is 11.4 Å². The van der Waals surface area contributed by atoms with Crippen LogP contribution in [0.2, 0.25) is 0 Å². The van der Waals surface area contributed by atoms with Crippen LogP contribution in [-0.4, -0.2) is 25.0 Å². The van der Waals surface area contributed by atoms with Gasteiger partial charge < -0.3 is 10.1 Å². The van der Waals surface area contributed by atoms with E-state index < -0.39 is 0 Å². The van der Waals surface area contributed by atoms with Gasteiger partial charge in [-0.1, -0.05) is 6.07 Å². The molecule has 5 heteroatoms. The first-order chi connectivity index (χ1) is 7.13. The maximum atomic E-state index is 11.5. The molecule has 1 N–H and O–H groups in total. The molecular weight excluding hydrogens is 214 g/mol. The number of thiophene rings is 1. The van der Waals surface area contributed by atoms with Gasteiger partial charge in [0.2, 0.25) is 0 Å². The monoisotopic (exact) mass is 227 g/mol. The van der Waals surface area contributed by atoms with Gasteiger partial charge in [-0.3, -0.25) is 9.59 Å². The third-order valence-electron chi connectivity index (χ3n) is 1.82. The number of nitrogens with one attached hydrogen (secondary N) is 1. The molecule has 1 heterocycles. The minimum Gasteiger partial charge on any atom is -0.469 e. The average molecular weight is 227 g/mol. The van der Waals surface area contributed by atoms with Gasteiger partial charge in [0.1, 0.15) is 0 Å². The molecule has 82 valence electrons. The van der Waals surface area contributed by atoms with Crippen molar-refractivity contribution in [3.63, 3.8) is 0 Å². The van der Waals surface area contributed by atoms with Gasteiger partial charge in [0.25, 0.3) is 5.91 Å². The van der Waals surface area contributed by atoms with E-state index in [9.17, 15) is 9.59 Å². The number of amides is 1. The fourth-order valence-electron chi connectivity index (χ4n) is 1.09. The summed E-state index contributed by atoms with van der Waals surface area (Å²) in [6, 6.07) is 3.34. The maximum absolute atomic E-state index is 11.5. The molecule has 1 rings (SSSR count). The molecule has 1 amide bonds. The van der Waals surface area contributed by atoms with Crippen molar-refractivity contribution in [3.05, 3.63) is 22.4 Å². The number of methoxy groups -OCH3 is 1. The van der Waals surface area contributed by atoms with Crippen molar-refractivity contribution < 1.29 is 14.3 Å². The molecule has 0 aliphatic heterocycles. The number of carbonyl (C=O) groups is 2. The summed E-state index contributed by atoms with van der Waals surface area (Å²) in [4.78, 5) is 23.1. The lowest BCUT2D eigenvalue weighted by Crippen LogP contribution is -2.33. The highest BCUT2D eigenvalue weighted by atomic mass is 32.1. The zero-order valence-electron chi connectivity index (χ0n) is 8.65. The van der Waals surface area contributed by atoms with E-state index in [1.54, 1.807) is 13.0 Å². The number of hydrogen-bond acceptors (Lipinski definition) is 4. The van der Waals surface area contributed by atoms with Gasteiger partial charge in [0, 0.05) is 6.04 Å². The lowest BCUT2D eigenvalue weighted by Gasteiger charge is -2.11. The van der Waals surface area contributed by atoms with E-state index in [4.69, 9.17) is 0 Å². The molecule has 1 aromatic heterocycles. The van der Waals surface area contributed by atoms with Crippen molar-refractivity contribution in [1.29, 1.82) is 0 Å². The van der Waals surface area contributed by atoms with Crippen LogP contribution in [0.5, 0.6) is 0 Å². The lowest BCUT2D eigenvalue weighted by molar-refractivity contribution is -0.141. The van der Waals surface area contributed by atoms with Crippen LogP contribution in [-0.2, 0) is 9.53 Å². The lowest BCUT2D eigenvalue weighted by atomic mass is 10.2. The van der Waals surface area contributed by atoms with Crippen LogP contribution in [0, 0.1) is 0 Å². The minimum atomic E-state index is -0.325. The van der Waals surface area contributed by atoms with Gasteiger partial charge in [-0.15, -0.1) is 11.3 Å². The zero-order chi connectivity index (χ0) is 11.3. The Morgan fingerprint density at radius 2 is 2.33 bits per heavy atom. The summed E-state index contributed by atoms with van der Waals surface area (Å²) in [5.41, 5.74) is 0. The molecule has 4 nitrogen and oxygen atoms in total. The molecule has 1 unspecified atom stereocenters. The van der Waals surface area contributed by atoms with Crippen molar-refractivity contribution >= 4 is 23.2 Å². The fraction of sp³-hybridized carbons (Fsp3) is 0.400.